The van der Waals surface area contributed by atoms with Crippen LogP contribution in [0.5, 0.6) is 11.5 Å². The van der Waals surface area contributed by atoms with Gasteiger partial charge in [-0.05, 0) is 62.6 Å². The number of carbonyl (C=O) groups is 2. The van der Waals surface area contributed by atoms with E-state index in [0.717, 1.165) is 48.7 Å². The Kier molecular flexibility index (Phi) is 4.58. The predicted octanol–water partition coefficient (Wildman–Crippen LogP) is 1.17. The smallest absolute Gasteiger partial charge is 0.330 e. The third kappa shape index (κ3) is 2.89. The lowest BCUT2D eigenvalue weighted by Gasteiger charge is -2.64. The third-order valence-electron chi connectivity index (χ3n) is 8.66. The van der Waals surface area contributed by atoms with E-state index in [1.165, 1.54) is 20.0 Å². The van der Waals surface area contributed by atoms with E-state index in [4.69, 9.17) is 4.74 Å². The van der Waals surface area contributed by atoms with Gasteiger partial charge in [0.15, 0.2) is 11.5 Å². The zero-order valence-electron chi connectivity index (χ0n) is 18.8. The van der Waals surface area contributed by atoms with Gasteiger partial charge in [-0.15, -0.1) is 0 Å². The number of aliphatic hydroxyl groups is 1. The molecule has 3 fully saturated rings. The molecule has 8 heteroatoms. The van der Waals surface area contributed by atoms with Gasteiger partial charge < -0.3 is 25.0 Å². The molecule has 0 aromatic heterocycles. The van der Waals surface area contributed by atoms with Gasteiger partial charge in [-0.1, -0.05) is 6.07 Å². The second-order valence-corrected chi connectivity index (χ2v) is 10.3. The van der Waals surface area contributed by atoms with Gasteiger partial charge in [-0.25, -0.2) is 4.79 Å². The molecule has 2 saturated carbocycles. The summed E-state index contributed by atoms with van der Waals surface area (Å²) < 4.78 is 11.0. The summed E-state index contributed by atoms with van der Waals surface area (Å²) in [4.78, 5) is 26.4. The fraction of sp³-hybridized carbons (Fsp3) is 0.600. The van der Waals surface area contributed by atoms with E-state index in [0.29, 0.717) is 25.0 Å². The normalized spacial score (nSPS) is 36.2. The third-order valence-corrected chi connectivity index (χ3v) is 8.66. The van der Waals surface area contributed by atoms with Crippen molar-refractivity contribution in [1.29, 1.82) is 0 Å². The molecular weight excluding hydrogens is 424 g/mol. The van der Waals surface area contributed by atoms with E-state index in [-0.39, 0.29) is 17.8 Å². The van der Waals surface area contributed by atoms with Crippen LogP contribution in [0.4, 0.5) is 0 Å². The number of amides is 1. The highest BCUT2D eigenvalue weighted by atomic mass is 16.5. The van der Waals surface area contributed by atoms with E-state index in [9.17, 15) is 19.8 Å². The van der Waals surface area contributed by atoms with Gasteiger partial charge >= 0.3 is 5.97 Å². The molecule has 2 aliphatic heterocycles. The largest absolute Gasteiger partial charge is 0.504 e. The van der Waals surface area contributed by atoms with Crippen LogP contribution in [-0.2, 0) is 26.2 Å². The molecule has 3 N–H and O–H groups in total. The van der Waals surface area contributed by atoms with Crippen LogP contribution in [0, 0.1) is 5.92 Å². The minimum Gasteiger partial charge on any atom is -0.504 e. The van der Waals surface area contributed by atoms with Crippen molar-refractivity contribution in [2.24, 2.45) is 5.92 Å². The Morgan fingerprint density at radius 1 is 1.27 bits per heavy atom. The van der Waals surface area contributed by atoms with Crippen molar-refractivity contribution >= 4 is 11.9 Å². The number of hydrogen-bond acceptors (Lipinski definition) is 7. The molecule has 5 atom stereocenters. The summed E-state index contributed by atoms with van der Waals surface area (Å²) in [5.41, 5.74) is 0.390. The molecule has 176 valence electrons. The van der Waals surface area contributed by atoms with Crippen molar-refractivity contribution < 1.29 is 29.3 Å². The summed E-state index contributed by atoms with van der Waals surface area (Å²) in [6.07, 6.45) is 6.84. The Morgan fingerprint density at radius 2 is 2.09 bits per heavy atom. The fourth-order valence-electron chi connectivity index (χ4n) is 7.07. The molecule has 2 bridgehead atoms. The van der Waals surface area contributed by atoms with Gasteiger partial charge in [0.1, 0.15) is 6.10 Å². The van der Waals surface area contributed by atoms with E-state index in [1.54, 1.807) is 6.07 Å². The molecule has 1 spiro atoms. The van der Waals surface area contributed by atoms with Gasteiger partial charge in [0.25, 0.3) is 0 Å². The Hall–Kier alpha value is -2.58. The summed E-state index contributed by atoms with van der Waals surface area (Å²) in [5.74, 6) is 0.256. The number of hydrogen-bond donors (Lipinski definition) is 3. The first-order valence-corrected chi connectivity index (χ1v) is 11.9. The summed E-state index contributed by atoms with van der Waals surface area (Å²) in [6, 6.07) is 3.29. The molecule has 1 unspecified atom stereocenters. The lowest BCUT2D eigenvalue weighted by molar-refractivity contribution is -0.192. The number of methoxy groups -OCH3 is 1. The Labute approximate surface area is 192 Å². The van der Waals surface area contributed by atoms with Crippen LogP contribution in [0.1, 0.15) is 43.2 Å². The number of nitrogens with zero attached hydrogens (tertiary/aromatic N) is 1. The topological polar surface area (TPSA) is 108 Å². The Balaban J connectivity index is 1.38. The van der Waals surface area contributed by atoms with Gasteiger partial charge in [-0.3, -0.25) is 9.69 Å². The number of rotatable bonds is 5. The van der Waals surface area contributed by atoms with Gasteiger partial charge in [0.2, 0.25) is 5.91 Å². The highest BCUT2D eigenvalue weighted by Gasteiger charge is 2.73. The number of ether oxygens (including phenoxy) is 2. The molecule has 33 heavy (non-hydrogen) atoms. The number of phenolic OH excluding ortho intramolecular Hbond substituents is 1. The van der Waals surface area contributed by atoms with Crippen LogP contribution in [0.3, 0.4) is 0 Å². The highest BCUT2D eigenvalue weighted by molar-refractivity contribution is 5.94. The van der Waals surface area contributed by atoms with Crippen LogP contribution in [0.15, 0.2) is 24.3 Å². The number of phenols is 1. The number of carbonyl (C=O) groups excluding carboxylic acids is 2. The molecule has 6 rings (SSSR count). The summed E-state index contributed by atoms with van der Waals surface area (Å²) in [7, 11) is 1.26. The summed E-state index contributed by atoms with van der Waals surface area (Å²) in [6.45, 7) is 1.88. The molecular formula is C25H30N2O6. The maximum atomic E-state index is 12.6. The van der Waals surface area contributed by atoms with Crippen LogP contribution in [0.2, 0.25) is 0 Å². The minimum atomic E-state index is -0.986. The average molecular weight is 455 g/mol. The Morgan fingerprint density at radius 3 is 2.85 bits per heavy atom. The number of likely N-dealkylation sites (tertiary alicyclic amines) is 1. The van der Waals surface area contributed by atoms with Gasteiger partial charge in [-0.2, -0.15) is 0 Å². The zero-order chi connectivity index (χ0) is 23.0. The molecule has 3 aliphatic carbocycles. The zero-order valence-corrected chi connectivity index (χ0v) is 18.8. The van der Waals surface area contributed by atoms with E-state index in [1.807, 2.05) is 6.07 Å². The number of esters is 1. The lowest BCUT2D eigenvalue weighted by atomic mass is 9.48. The molecule has 1 aromatic rings. The van der Waals surface area contributed by atoms with Crippen molar-refractivity contribution in [2.45, 2.75) is 67.7 Å². The standard InChI is InChI=1S/C25H30N2O6/c1-32-20(30)7-6-19(29)26-16-8-9-25(31)18-12-15-4-5-17(28)22-21(15)24(25,23(16)33-22)10-11-27(18)13-14-2-3-14/h4-7,14,16,18,23,28,31H,2-3,8-13H2,1H3,(H,26,29)/b7-6+/t16-,18?,23+,24+,25-/m1/s1. The second-order valence-electron chi connectivity index (χ2n) is 10.3. The SMILES string of the molecule is COC(=O)/C=C/C(=O)N[C@@H]1CC[C@@]2(O)C3Cc4ccc(O)c5c4[C@@]2(CCN3CC2CC2)[C@H]1O5. The maximum Gasteiger partial charge on any atom is 0.330 e. The molecule has 5 aliphatic rings. The summed E-state index contributed by atoms with van der Waals surface area (Å²) >= 11 is 0. The van der Waals surface area contributed by atoms with Gasteiger partial charge in [0, 0.05) is 30.3 Å². The van der Waals surface area contributed by atoms with Crippen molar-refractivity contribution in [2.75, 3.05) is 20.2 Å². The number of aromatic hydroxyl groups is 1. The van der Waals surface area contributed by atoms with Crippen molar-refractivity contribution in [3.05, 3.63) is 35.4 Å². The monoisotopic (exact) mass is 454 g/mol. The minimum absolute atomic E-state index is 0.00295. The number of nitrogens with one attached hydrogen (secondary N) is 1. The van der Waals surface area contributed by atoms with E-state index in [2.05, 4.69) is 15.0 Å². The first-order chi connectivity index (χ1) is 15.9. The molecule has 1 aromatic carbocycles. The van der Waals surface area contributed by atoms with Crippen LogP contribution < -0.4 is 10.1 Å². The first-order valence-electron chi connectivity index (χ1n) is 11.9. The molecule has 0 radical (unpaired) electrons. The maximum absolute atomic E-state index is 12.6. The molecule has 1 amide bonds. The van der Waals surface area contributed by atoms with Crippen molar-refractivity contribution in [3.63, 3.8) is 0 Å². The predicted molar refractivity (Wildman–Crippen MR) is 118 cm³/mol. The second kappa shape index (κ2) is 7.21. The number of benzene rings is 1. The van der Waals surface area contributed by atoms with Gasteiger partial charge in [0.05, 0.1) is 24.2 Å². The molecule has 8 nitrogen and oxygen atoms in total. The van der Waals surface area contributed by atoms with Crippen LogP contribution in [0.25, 0.3) is 0 Å². The summed E-state index contributed by atoms with van der Waals surface area (Å²) in [5, 5.41) is 26.0. The number of piperidine rings is 1. The van der Waals surface area contributed by atoms with Crippen LogP contribution >= 0.6 is 0 Å². The fourth-order valence-corrected chi connectivity index (χ4v) is 7.07. The van der Waals surface area contributed by atoms with Crippen LogP contribution in [-0.4, -0.2) is 71.0 Å². The van der Waals surface area contributed by atoms with Crippen molar-refractivity contribution in [3.8, 4) is 11.5 Å². The van der Waals surface area contributed by atoms with E-state index >= 15 is 0 Å². The quantitative estimate of drug-likeness (QED) is 0.453. The lowest BCUT2D eigenvalue weighted by Crippen LogP contribution is -2.78. The first kappa shape index (κ1) is 21.0. The highest BCUT2D eigenvalue weighted by Crippen LogP contribution is 2.65. The van der Waals surface area contributed by atoms with E-state index < -0.39 is 29.0 Å². The van der Waals surface area contributed by atoms with Crippen molar-refractivity contribution in [1.82, 2.24) is 10.2 Å². The average Bonchev–Trinajstić information content (AvgIpc) is 3.54. The molecule has 1 saturated heterocycles. The molecule has 2 heterocycles. The Bertz CT molecular complexity index is 1050.